The molecule has 0 aromatic carbocycles. The van der Waals surface area contributed by atoms with E-state index in [-0.39, 0.29) is 12.1 Å². The second-order valence-electron chi connectivity index (χ2n) is 8.57. The number of carbonyl (C=O) groups excluding carboxylic acids is 1. The highest BCUT2D eigenvalue weighted by Gasteiger charge is 2.22. The van der Waals surface area contributed by atoms with Gasteiger partial charge in [0, 0.05) is 51.7 Å². The second kappa shape index (κ2) is 12.3. The quantitative estimate of drug-likeness (QED) is 0.353. The molecule has 0 radical (unpaired) electrons. The Morgan fingerprint density at radius 3 is 2.62 bits per heavy atom. The molecule has 29 heavy (non-hydrogen) atoms. The van der Waals surface area contributed by atoms with E-state index in [9.17, 15) is 4.79 Å². The topological polar surface area (TPSA) is 83.8 Å². The Labute approximate surface area is 176 Å². The van der Waals surface area contributed by atoms with Gasteiger partial charge in [-0.3, -0.25) is 9.67 Å². The lowest BCUT2D eigenvalue weighted by atomic mass is 10.0. The number of aryl methyl sites for hydroxylation is 1. The minimum atomic E-state index is -0.497. The van der Waals surface area contributed by atoms with Gasteiger partial charge in [-0.2, -0.15) is 5.10 Å². The maximum Gasteiger partial charge on any atom is 0.407 e. The van der Waals surface area contributed by atoms with Gasteiger partial charge in [-0.25, -0.2) is 4.79 Å². The Morgan fingerprint density at radius 2 is 2.07 bits per heavy atom. The van der Waals surface area contributed by atoms with Gasteiger partial charge in [0.2, 0.25) is 0 Å². The fourth-order valence-corrected chi connectivity index (χ4v) is 2.79. The standard InChI is InChI=1S/C21H40N6O2/c1-8-22-19(23-12-9-14-27-15-10-13-24-27)26(7)16-11-18(17(2)3)25-20(28)29-21(4,5)6/h10,13,15,17-18H,8-9,11-12,14,16H2,1-7H3,(H,22,23)(H,25,28). The van der Waals surface area contributed by atoms with E-state index in [1.165, 1.54) is 0 Å². The van der Waals surface area contributed by atoms with Crippen molar-refractivity contribution in [3.8, 4) is 0 Å². The van der Waals surface area contributed by atoms with E-state index in [4.69, 9.17) is 9.73 Å². The van der Waals surface area contributed by atoms with Gasteiger partial charge in [-0.1, -0.05) is 13.8 Å². The number of hydrogen-bond donors (Lipinski definition) is 2. The van der Waals surface area contributed by atoms with Crippen LogP contribution >= 0.6 is 0 Å². The summed E-state index contributed by atoms with van der Waals surface area (Å²) in [5, 5.41) is 10.6. The van der Waals surface area contributed by atoms with Crippen molar-refractivity contribution in [1.29, 1.82) is 0 Å². The number of nitrogens with one attached hydrogen (secondary N) is 2. The lowest BCUT2D eigenvalue weighted by Crippen LogP contribution is -2.45. The number of alkyl carbamates (subject to hydrolysis) is 1. The average molecular weight is 409 g/mol. The maximum absolute atomic E-state index is 12.1. The first-order chi connectivity index (χ1) is 13.6. The molecular formula is C21H40N6O2. The fourth-order valence-electron chi connectivity index (χ4n) is 2.79. The fraction of sp³-hybridized carbons (Fsp3) is 0.762. The molecule has 1 aromatic rings. The van der Waals surface area contributed by atoms with Crippen LogP contribution in [0.5, 0.6) is 0 Å². The lowest BCUT2D eigenvalue weighted by Gasteiger charge is -2.28. The SMILES string of the molecule is CCNC(=NCCCn1cccn1)N(C)CCC(NC(=O)OC(C)(C)C)C(C)C. The molecule has 2 N–H and O–H groups in total. The lowest BCUT2D eigenvalue weighted by molar-refractivity contribution is 0.0486. The molecule has 1 rings (SSSR count). The molecule has 1 atom stereocenters. The predicted molar refractivity (Wildman–Crippen MR) is 118 cm³/mol. The number of carbonyl (C=O) groups is 1. The molecule has 0 saturated carbocycles. The zero-order valence-corrected chi connectivity index (χ0v) is 19.2. The number of aliphatic imine (C=N–C) groups is 1. The summed E-state index contributed by atoms with van der Waals surface area (Å²) in [6, 6.07) is 1.97. The molecule has 0 aliphatic heterocycles. The number of rotatable bonds is 10. The monoisotopic (exact) mass is 408 g/mol. The van der Waals surface area contributed by atoms with Crippen LogP contribution in [0.15, 0.2) is 23.5 Å². The third-order valence-electron chi connectivity index (χ3n) is 4.34. The first-order valence-corrected chi connectivity index (χ1v) is 10.6. The van der Waals surface area contributed by atoms with Crippen molar-refractivity contribution < 1.29 is 9.53 Å². The van der Waals surface area contributed by atoms with Gasteiger partial charge in [0.05, 0.1) is 0 Å². The van der Waals surface area contributed by atoms with E-state index in [0.29, 0.717) is 5.92 Å². The van der Waals surface area contributed by atoms with Gasteiger partial charge in [-0.05, 0) is 52.5 Å². The van der Waals surface area contributed by atoms with E-state index in [1.54, 1.807) is 6.20 Å². The number of amides is 1. The number of aromatic nitrogens is 2. The van der Waals surface area contributed by atoms with Crippen molar-refractivity contribution in [3.63, 3.8) is 0 Å². The second-order valence-corrected chi connectivity index (χ2v) is 8.57. The van der Waals surface area contributed by atoms with E-state index in [2.05, 4.69) is 41.4 Å². The number of guanidine groups is 1. The number of ether oxygens (including phenoxy) is 1. The van der Waals surface area contributed by atoms with E-state index in [1.807, 2.05) is 44.8 Å². The first-order valence-electron chi connectivity index (χ1n) is 10.6. The van der Waals surface area contributed by atoms with E-state index >= 15 is 0 Å². The summed E-state index contributed by atoms with van der Waals surface area (Å²) >= 11 is 0. The molecule has 1 heterocycles. The minimum absolute atomic E-state index is 0.0370. The third-order valence-corrected chi connectivity index (χ3v) is 4.34. The molecule has 0 aliphatic rings. The van der Waals surface area contributed by atoms with Crippen LogP contribution in [0.4, 0.5) is 4.79 Å². The van der Waals surface area contributed by atoms with E-state index in [0.717, 1.165) is 45.0 Å². The molecule has 0 saturated heterocycles. The van der Waals surface area contributed by atoms with Gasteiger partial charge in [-0.15, -0.1) is 0 Å². The van der Waals surface area contributed by atoms with Crippen LogP contribution in [-0.2, 0) is 11.3 Å². The van der Waals surface area contributed by atoms with Gasteiger partial charge in [0.15, 0.2) is 5.96 Å². The normalized spacial score (nSPS) is 13.3. The first kappa shape index (κ1) is 24.8. The summed E-state index contributed by atoms with van der Waals surface area (Å²) in [4.78, 5) is 19.0. The van der Waals surface area contributed by atoms with Gasteiger partial charge in [0.25, 0.3) is 0 Å². The van der Waals surface area contributed by atoms with Crippen LogP contribution in [0.1, 0.15) is 54.4 Å². The molecule has 0 spiro atoms. The summed E-state index contributed by atoms with van der Waals surface area (Å²) in [6.07, 6.45) is 5.13. The Balaban J connectivity index is 2.54. The molecule has 1 amide bonds. The minimum Gasteiger partial charge on any atom is -0.444 e. The summed E-state index contributed by atoms with van der Waals surface area (Å²) < 4.78 is 7.32. The molecule has 0 bridgehead atoms. The Hall–Kier alpha value is -2.25. The summed E-state index contributed by atoms with van der Waals surface area (Å²) in [6.45, 7) is 15.1. The molecule has 0 aliphatic carbocycles. The van der Waals surface area contributed by atoms with Crippen LogP contribution in [0.3, 0.4) is 0 Å². The molecular weight excluding hydrogens is 368 g/mol. The van der Waals surface area contributed by atoms with Gasteiger partial charge >= 0.3 is 6.09 Å². The van der Waals surface area contributed by atoms with Crippen LogP contribution in [0.2, 0.25) is 0 Å². The molecule has 1 unspecified atom stereocenters. The Bertz CT molecular complexity index is 607. The molecule has 8 heteroatoms. The smallest absolute Gasteiger partial charge is 0.407 e. The van der Waals surface area contributed by atoms with Crippen LogP contribution in [0, 0.1) is 5.92 Å². The van der Waals surface area contributed by atoms with Crippen molar-refractivity contribution in [2.24, 2.45) is 10.9 Å². The van der Waals surface area contributed by atoms with Crippen LogP contribution in [-0.4, -0.2) is 65.1 Å². The largest absolute Gasteiger partial charge is 0.444 e. The highest BCUT2D eigenvalue weighted by molar-refractivity contribution is 5.79. The highest BCUT2D eigenvalue weighted by atomic mass is 16.6. The predicted octanol–water partition coefficient (Wildman–Crippen LogP) is 3.11. The summed E-state index contributed by atoms with van der Waals surface area (Å²) in [5.74, 6) is 1.19. The number of hydrogen-bond acceptors (Lipinski definition) is 4. The van der Waals surface area contributed by atoms with E-state index < -0.39 is 5.60 Å². The number of nitrogens with zero attached hydrogens (tertiary/aromatic N) is 4. The third kappa shape index (κ3) is 10.8. The molecule has 0 fully saturated rings. The van der Waals surface area contributed by atoms with Crippen molar-refractivity contribution in [2.75, 3.05) is 26.7 Å². The van der Waals surface area contributed by atoms with Gasteiger partial charge in [0.1, 0.15) is 5.60 Å². The Kier molecular flexibility index (Phi) is 10.5. The zero-order valence-electron chi connectivity index (χ0n) is 19.2. The average Bonchev–Trinajstić information content (AvgIpc) is 3.12. The molecule has 166 valence electrons. The van der Waals surface area contributed by atoms with Crippen LogP contribution in [0.25, 0.3) is 0 Å². The van der Waals surface area contributed by atoms with Crippen molar-refractivity contribution >= 4 is 12.1 Å². The van der Waals surface area contributed by atoms with Gasteiger partial charge < -0.3 is 20.3 Å². The molecule has 8 nitrogen and oxygen atoms in total. The maximum atomic E-state index is 12.1. The summed E-state index contributed by atoms with van der Waals surface area (Å²) in [7, 11) is 2.03. The van der Waals surface area contributed by atoms with Crippen molar-refractivity contribution in [3.05, 3.63) is 18.5 Å². The van der Waals surface area contributed by atoms with Crippen molar-refractivity contribution in [2.45, 2.75) is 72.6 Å². The van der Waals surface area contributed by atoms with Crippen LogP contribution < -0.4 is 10.6 Å². The Morgan fingerprint density at radius 1 is 1.34 bits per heavy atom. The molecule has 1 aromatic heterocycles. The zero-order chi connectivity index (χ0) is 21.9. The highest BCUT2D eigenvalue weighted by Crippen LogP contribution is 2.11. The summed E-state index contributed by atoms with van der Waals surface area (Å²) in [5.41, 5.74) is -0.497. The van der Waals surface area contributed by atoms with Crippen molar-refractivity contribution in [1.82, 2.24) is 25.3 Å².